The summed E-state index contributed by atoms with van der Waals surface area (Å²) in [7, 11) is 0. The first kappa shape index (κ1) is 14.5. The Morgan fingerprint density at radius 2 is 1.92 bits per heavy atom. The summed E-state index contributed by atoms with van der Waals surface area (Å²) in [5, 5.41) is 16.7. The van der Waals surface area contributed by atoms with Gasteiger partial charge in [-0.15, -0.1) is 0 Å². The number of hydrogen-bond acceptors (Lipinski definition) is 4. The van der Waals surface area contributed by atoms with Gasteiger partial charge in [-0.05, 0) is 12.2 Å². The fourth-order valence-corrected chi connectivity index (χ4v) is 0.467. The topological polar surface area (TPSA) is 90.0 Å². The van der Waals surface area contributed by atoms with E-state index in [4.69, 9.17) is 20.5 Å². The van der Waals surface area contributed by atoms with Gasteiger partial charge in [-0.2, -0.15) is 0 Å². The van der Waals surface area contributed by atoms with Crippen LogP contribution in [0.4, 0.5) is 4.79 Å². The van der Waals surface area contributed by atoms with Gasteiger partial charge < -0.3 is 15.0 Å². The molecule has 1 aliphatic heterocycles. The molecule has 0 saturated heterocycles. The van der Waals surface area contributed by atoms with Gasteiger partial charge in [-0.25, -0.2) is 0 Å². The van der Waals surface area contributed by atoms with Crippen molar-refractivity contribution in [3.63, 3.8) is 0 Å². The number of carbonyl (C=O) groups excluding carboxylic acids is 1. The number of allylic oxidation sites excluding steroid dienone is 2. The molecule has 5 nitrogen and oxygen atoms in total. The zero-order valence-corrected chi connectivity index (χ0v) is 9.81. The average Bonchev–Trinajstić information content (AvgIpc) is 1.87. The third kappa shape index (κ3) is 12.6. The summed E-state index contributed by atoms with van der Waals surface area (Å²) in [6.45, 7) is 0.719. The first-order valence-electron chi connectivity index (χ1n) is 2.82. The van der Waals surface area contributed by atoms with Crippen LogP contribution in [0.5, 0.6) is 0 Å². The van der Waals surface area contributed by atoms with Crippen molar-refractivity contribution in [3.8, 4) is 0 Å². The summed E-state index contributed by atoms with van der Waals surface area (Å²) in [6, 6.07) is 0. The predicted molar refractivity (Wildman–Crippen MR) is 31.5 cm³/mol. The first-order valence-corrected chi connectivity index (χ1v) is 2.82. The molecule has 0 saturated carbocycles. The van der Waals surface area contributed by atoms with Crippen molar-refractivity contribution in [3.05, 3.63) is 24.4 Å². The van der Waals surface area contributed by atoms with E-state index in [1.54, 1.807) is 6.20 Å². The maximum absolute atomic E-state index is 8.33. The molecule has 0 amide bonds. The van der Waals surface area contributed by atoms with Gasteiger partial charge >= 0.3 is 51.4 Å². The summed E-state index contributed by atoms with van der Waals surface area (Å²) in [4.78, 5) is 8.33. The van der Waals surface area contributed by atoms with E-state index in [1.165, 1.54) is 4.70 Å². The molecule has 0 atom stereocenters. The molecule has 0 spiro atoms. The molecule has 0 radical (unpaired) electrons. The van der Waals surface area contributed by atoms with Crippen molar-refractivity contribution < 1.29 is 71.1 Å². The molecular weight excluding hydrogens is 187 g/mol. The molecule has 0 aromatic heterocycles. The normalized spacial score (nSPS) is 12.5. The Balaban J connectivity index is 0. The van der Waals surface area contributed by atoms with Crippen molar-refractivity contribution in [1.29, 1.82) is 5.53 Å². The maximum atomic E-state index is 8.33. The molecule has 60 valence electrons. The number of hydrogen-bond donors (Lipinski definition) is 1. The molecule has 1 rings (SSSR count). The molecule has 0 aliphatic carbocycles. The molecule has 0 bridgehead atoms. The summed E-state index contributed by atoms with van der Waals surface area (Å²) < 4.78 is 1.38. The van der Waals surface area contributed by atoms with E-state index in [0.717, 1.165) is 6.54 Å². The molecule has 1 N–H and O–H groups in total. The Morgan fingerprint density at radius 1 is 1.42 bits per heavy atom. The molecule has 0 aromatic rings. The average molecular weight is 194 g/mol. The van der Waals surface area contributed by atoms with Gasteiger partial charge in [0, 0.05) is 6.08 Å². The molecule has 1 aliphatic rings. The monoisotopic (exact) mass is 194 g/mol. The summed E-state index contributed by atoms with van der Waals surface area (Å²) in [6.07, 6.45) is 5.11. The van der Waals surface area contributed by atoms with Crippen LogP contribution in [0.1, 0.15) is 0 Å². The van der Waals surface area contributed by atoms with Crippen molar-refractivity contribution in [2.75, 3.05) is 6.54 Å². The second kappa shape index (κ2) is 9.08. The molecular formula is C6H7KN2O3. The first-order chi connectivity index (χ1) is 5.13. The molecule has 1 heterocycles. The quantitative estimate of drug-likeness (QED) is 0.312. The standard InChI is InChI=1S/C5H7N2.CH2O3.K/c6-7-4-2-1-3-5-7;2-1(3)4;/h1-4,6H,5H2;(H2,2,3,4);/q+1;;+1/p-2. The number of nitrogens with zero attached hydrogens (tertiary/aromatic N) is 1. The fourth-order valence-electron chi connectivity index (χ4n) is 0.467. The van der Waals surface area contributed by atoms with E-state index in [0.29, 0.717) is 0 Å². The van der Waals surface area contributed by atoms with Crippen LogP contribution in [-0.2, 0) is 0 Å². The molecule has 0 fully saturated rings. The van der Waals surface area contributed by atoms with Gasteiger partial charge in [-0.3, -0.25) is 0 Å². The van der Waals surface area contributed by atoms with Gasteiger partial charge in [-0.1, -0.05) is 16.3 Å². The Bertz CT molecular complexity index is 209. The second-order valence-electron chi connectivity index (χ2n) is 1.67. The van der Waals surface area contributed by atoms with E-state index in [2.05, 4.69) is 0 Å². The zero-order chi connectivity index (χ0) is 8.69. The van der Waals surface area contributed by atoms with E-state index < -0.39 is 6.16 Å². The van der Waals surface area contributed by atoms with Crippen molar-refractivity contribution in [2.24, 2.45) is 0 Å². The smallest absolute Gasteiger partial charge is 0.652 e. The maximum Gasteiger partial charge on any atom is 1.00 e. The van der Waals surface area contributed by atoms with Gasteiger partial charge in [0.05, 0.1) is 0 Å². The number of rotatable bonds is 0. The Morgan fingerprint density at radius 3 is 2.08 bits per heavy atom. The largest absolute Gasteiger partial charge is 1.00 e. The number of carboxylic acid groups (broad SMARTS) is 2. The van der Waals surface area contributed by atoms with Crippen LogP contribution >= 0.6 is 0 Å². The summed E-state index contributed by atoms with van der Waals surface area (Å²) in [5.74, 6) is 0. The zero-order valence-electron chi connectivity index (χ0n) is 6.69. The minimum atomic E-state index is -2.33. The minimum absolute atomic E-state index is 0. The Labute approximate surface area is 112 Å². The van der Waals surface area contributed by atoms with Crippen molar-refractivity contribution in [1.82, 2.24) is 0 Å². The van der Waals surface area contributed by atoms with Crippen LogP contribution in [0.15, 0.2) is 24.4 Å². The van der Waals surface area contributed by atoms with Gasteiger partial charge in [0.25, 0.3) is 0 Å². The minimum Gasteiger partial charge on any atom is -0.652 e. The fraction of sp³-hybridized carbons (Fsp3) is 0.167. The van der Waals surface area contributed by atoms with Crippen molar-refractivity contribution >= 4 is 6.16 Å². The second-order valence-corrected chi connectivity index (χ2v) is 1.67. The van der Waals surface area contributed by atoms with E-state index >= 15 is 0 Å². The van der Waals surface area contributed by atoms with Crippen LogP contribution in [0.3, 0.4) is 0 Å². The summed E-state index contributed by atoms with van der Waals surface area (Å²) in [5.41, 5.74) is 6.97. The SMILES string of the molecule is N=[N+]1C=CC=CC1.O=C([O-])[O-].[K+]. The van der Waals surface area contributed by atoms with Crippen LogP contribution in [0.25, 0.3) is 0 Å². The third-order valence-electron chi connectivity index (χ3n) is 0.815. The van der Waals surface area contributed by atoms with Gasteiger partial charge in [0.1, 0.15) is 0 Å². The van der Waals surface area contributed by atoms with Crippen LogP contribution in [0, 0.1) is 5.53 Å². The van der Waals surface area contributed by atoms with Crippen LogP contribution in [-0.4, -0.2) is 17.4 Å². The van der Waals surface area contributed by atoms with Crippen LogP contribution in [0.2, 0.25) is 0 Å². The number of carbonyl (C=O) groups is 1. The Hall–Kier alpha value is -0.0136. The summed E-state index contributed by atoms with van der Waals surface area (Å²) >= 11 is 0. The van der Waals surface area contributed by atoms with Gasteiger partial charge in [0.15, 0.2) is 12.7 Å². The van der Waals surface area contributed by atoms with E-state index in [-0.39, 0.29) is 51.4 Å². The Kier molecular flexibility index (Phi) is 11.0. The van der Waals surface area contributed by atoms with E-state index in [1.807, 2.05) is 18.2 Å². The molecule has 0 unspecified atom stereocenters. The third-order valence-corrected chi connectivity index (χ3v) is 0.815. The molecule has 12 heavy (non-hydrogen) atoms. The van der Waals surface area contributed by atoms with Crippen LogP contribution < -0.4 is 61.6 Å². The molecule has 0 aromatic carbocycles. The van der Waals surface area contributed by atoms with Gasteiger partial charge in [0.2, 0.25) is 0 Å². The predicted octanol–water partition coefficient (Wildman–Crippen LogP) is -4.33. The van der Waals surface area contributed by atoms with Crippen molar-refractivity contribution in [2.45, 2.75) is 0 Å². The number of nitrogens with one attached hydrogen (secondary N) is 1. The van der Waals surface area contributed by atoms with E-state index in [9.17, 15) is 0 Å². The molecule has 6 heteroatoms.